The zero-order chi connectivity index (χ0) is 28.3. The van der Waals surface area contributed by atoms with Gasteiger partial charge in [0.25, 0.3) is 11.2 Å². The summed E-state index contributed by atoms with van der Waals surface area (Å²) in [5.74, 6) is 5.66. The molecule has 3 heterocycles. The number of para-hydroxylation sites is 1. The highest BCUT2D eigenvalue weighted by atomic mass is 16.6. The zero-order valence-electron chi connectivity index (χ0n) is 22.2. The molecule has 204 valence electrons. The maximum atomic E-state index is 13.5. The largest absolute Gasteiger partial charge is 0.444 e. The number of Topliss-reactive ketones (excluding diaryl/α,β-unsaturated/α-hetero) is 1. The maximum Gasteiger partial charge on any atom is 0.410 e. The molecule has 1 aliphatic rings. The van der Waals surface area contributed by atoms with Crippen LogP contribution in [0.3, 0.4) is 0 Å². The van der Waals surface area contributed by atoms with Crippen LogP contribution in [0, 0.1) is 22.0 Å². The summed E-state index contributed by atoms with van der Waals surface area (Å²) in [5, 5.41) is 15.5. The summed E-state index contributed by atoms with van der Waals surface area (Å²) >= 11 is 0. The number of ketones is 1. The van der Waals surface area contributed by atoms with Gasteiger partial charge >= 0.3 is 6.09 Å². The average molecular weight is 536 g/mol. The van der Waals surface area contributed by atoms with Crippen LogP contribution in [0.4, 0.5) is 16.4 Å². The number of hydrogen-bond donors (Lipinski definition) is 0. The van der Waals surface area contributed by atoms with Crippen molar-refractivity contribution >= 4 is 34.5 Å². The molecule has 4 rings (SSSR count). The first-order valence-corrected chi connectivity index (χ1v) is 12.4. The van der Waals surface area contributed by atoms with Crippen molar-refractivity contribution in [1.82, 2.24) is 24.2 Å². The number of piperazine rings is 1. The molecule has 0 spiro atoms. The van der Waals surface area contributed by atoms with Crippen LogP contribution in [0.25, 0.3) is 11.0 Å². The number of nitrogens with zero attached hydrogens (tertiary/aromatic N) is 7. The summed E-state index contributed by atoms with van der Waals surface area (Å²) in [6.45, 7) is 8.55. The highest BCUT2D eigenvalue weighted by molar-refractivity contribution is 5.99. The van der Waals surface area contributed by atoms with Crippen molar-refractivity contribution in [2.45, 2.75) is 46.4 Å². The number of amides is 1. The number of nitro benzene ring substituents is 1. The lowest BCUT2D eigenvalue weighted by molar-refractivity contribution is -0.385. The topological polar surface area (TPSA) is 146 Å². The van der Waals surface area contributed by atoms with E-state index in [1.165, 1.54) is 30.5 Å². The highest BCUT2D eigenvalue weighted by Crippen LogP contribution is 2.23. The first kappa shape index (κ1) is 27.3. The Morgan fingerprint density at radius 1 is 1.15 bits per heavy atom. The standard InChI is InChI=1S/C26H29N7O6/c1-5-6-11-31-22-19(28-24(31)29-12-14-30(15-13-29)25(36)39-26(2,3)4)16-27-32(23(22)35)17-21(34)18-9-7-8-10-20(18)33(37)38/h7-10,16H,11-15,17H2,1-4H3. The van der Waals surface area contributed by atoms with Crippen molar-refractivity contribution in [3.8, 4) is 11.8 Å². The van der Waals surface area contributed by atoms with Crippen molar-refractivity contribution in [1.29, 1.82) is 0 Å². The van der Waals surface area contributed by atoms with Crippen molar-refractivity contribution in [3.63, 3.8) is 0 Å². The van der Waals surface area contributed by atoms with E-state index >= 15 is 0 Å². The van der Waals surface area contributed by atoms with Gasteiger partial charge in [-0.25, -0.2) is 14.5 Å². The summed E-state index contributed by atoms with van der Waals surface area (Å²) in [6, 6.07) is 5.57. The quantitative estimate of drug-likeness (QED) is 0.201. The van der Waals surface area contributed by atoms with Crippen molar-refractivity contribution in [2.75, 3.05) is 31.1 Å². The fourth-order valence-electron chi connectivity index (χ4n) is 4.24. The van der Waals surface area contributed by atoms with Gasteiger partial charge in [-0.05, 0) is 33.8 Å². The molecule has 0 atom stereocenters. The molecule has 0 radical (unpaired) electrons. The number of rotatable bonds is 6. The smallest absolute Gasteiger partial charge is 0.410 e. The third kappa shape index (κ3) is 5.90. The molecule has 0 N–H and O–H groups in total. The molecule has 1 saturated heterocycles. The van der Waals surface area contributed by atoms with Gasteiger partial charge in [0.1, 0.15) is 23.2 Å². The summed E-state index contributed by atoms with van der Waals surface area (Å²) in [5.41, 5.74) is -1.06. The second-order valence-corrected chi connectivity index (χ2v) is 9.92. The van der Waals surface area contributed by atoms with Crippen LogP contribution in [0.1, 0.15) is 38.1 Å². The van der Waals surface area contributed by atoms with Crippen LogP contribution in [-0.2, 0) is 17.8 Å². The molecule has 0 saturated carbocycles. The summed E-state index contributed by atoms with van der Waals surface area (Å²) < 4.78 is 8.12. The van der Waals surface area contributed by atoms with Crippen LogP contribution in [0.2, 0.25) is 0 Å². The average Bonchev–Trinajstić information content (AvgIpc) is 3.27. The van der Waals surface area contributed by atoms with Crippen LogP contribution in [0.15, 0.2) is 35.3 Å². The first-order valence-electron chi connectivity index (χ1n) is 12.4. The predicted molar refractivity (Wildman–Crippen MR) is 143 cm³/mol. The van der Waals surface area contributed by atoms with E-state index in [1.807, 2.05) is 25.7 Å². The minimum atomic E-state index is -0.639. The lowest BCUT2D eigenvalue weighted by atomic mass is 10.1. The Bertz CT molecular complexity index is 1550. The van der Waals surface area contributed by atoms with Gasteiger partial charge in [-0.1, -0.05) is 18.1 Å². The molecule has 1 amide bonds. The lowest BCUT2D eigenvalue weighted by Gasteiger charge is -2.36. The van der Waals surface area contributed by atoms with E-state index in [0.29, 0.717) is 37.6 Å². The van der Waals surface area contributed by atoms with Crippen molar-refractivity contribution in [2.24, 2.45) is 0 Å². The Morgan fingerprint density at radius 3 is 2.49 bits per heavy atom. The van der Waals surface area contributed by atoms with Crippen molar-refractivity contribution < 1.29 is 19.2 Å². The van der Waals surface area contributed by atoms with E-state index in [0.717, 1.165) is 4.68 Å². The molecule has 13 heteroatoms. The summed E-state index contributed by atoms with van der Waals surface area (Å²) in [6.07, 6.45) is 1.00. The third-order valence-corrected chi connectivity index (χ3v) is 6.05. The molecule has 1 aliphatic heterocycles. The number of ether oxygens (including phenoxy) is 1. The molecular formula is C26H29N7O6. The molecule has 13 nitrogen and oxygen atoms in total. The number of aromatic nitrogens is 4. The van der Waals surface area contributed by atoms with Gasteiger partial charge in [0, 0.05) is 32.2 Å². The van der Waals surface area contributed by atoms with Crippen LogP contribution in [0.5, 0.6) is 0 Å². The van der Waals surface area contributed by atoms with E-state index in [1.54, 1.807) is 16.4 Å². The van der Waals surface area contributed by atoms with Gasteiger partial charge in [-0.2, -0.15) is 5.10 Å². The normalized spacial score (nSPS) is 13.6. The minimum Gasteiger partial charge on any atom is -0.444 e. The SMILES string of the molecule is CC#CCn1c(N2CCN(C(=O)OC(C)(C)C)CC2)nc2cnn(CC(=O)c3ccccc3[N+](=O)[O-])c(=O)c21. The Hall–Kier alpha value is -4.73. The van der Waals surface area contributed by atoms with Crippen LogP contribution >= 0.6 is 0 Å². The van der Waals surface area contributed by atoms with Gasteiger partial charge in [0.15, 0.2) is 5.78 Å². The van der Waals surface area contributed by atoms with Crippen molar-refractivity contribution in [3.05, 3.63) is 56.5 Å². The van der Waals surface area contributed by atoms with E-state index in [2.05, 4.69) is 21.9 Å². The first-order chi connectivity index (χ1) is 18.5. The molecule has 39 heavy (non-hydrogen) atoms. The van der Waals surface area contributed by atoms with E-state index < -0.39 is 28.4 Å². The summed E-state index contributed by atoms with van der Waals surface area (Å²) in [4.78, 5) is 57.8. The molecule has 1 fully saturated rings. The molecule has 0 bridgehead atoms. The lowest BCUT2D eigenvalue weighted by Crippen LogP contribution is -2.50. The number of imidazole rings is 1. The number of fused-ring (bicyclic) bond motifs is 1. The van der Waals surface area contributed by atoms with E-state index in [-0.39, 0.29) is 29.4 Å². The molecule has 0 aliphatic carbocycles. The summed E-state index contributed by atoms with van der Waals surface area (Å²) in [7, 11) is 0. The van der Waals surface area contributed by atoms with Gasteiger partial charge < -0.3 is 14.5 Å². The third-order valence-electron chi connectivity index (χ3n) is 6.05. The number of nitro groups is 1. The Balaban J connectivity index is 1.64. The zero-order valence-corrected chi connectivity index (χ0v) is 22.2. The number of anilines is 1. The Kier molecular flexibility index (Phi) is 7.66. The number of carbonyl (C=O) groups excluding carboxylic acids is 2. The molecule has 2 aromatic heterocycles. The van der Waals surface area contributed by atoms with E-state index in [9.17, 15) is 24.5 Å². The van der Waals surface area contributed by atoms with Gasteiger partial charge in [-0.15, -0.1) is 5.92 Å². The highest BCUT2D eigenvalue weighted by Gasteiger charge is 2.29. The molecule has 0 unspecified atom stereocenters. The maximum absolute atomic E-state index is 13.5. The molecule has 1 aromatic carbocycles. The number of carbonyl (C=O) groups is 2. The van der Waals surface area contributed by atoms with E-state index in [4.69, 9.17) is 4.74 Å². The Labute approximate surface area is 224 Å². The van der Waals surface area contributed by atoms with Gasteiger partial charge in [0.2, 0.25) is 5.95 Å². The molecule has 3 aromatic rings. The number of hydrogen-bond acceptors (Lipinski definition) is 9. The van der Waals surface area contributed by atoms with Gasteiger partial charge in [-0.3, -0.25) is 24.3 Å². The fraction of sp³-hybridized carbons (Fsp3) is 0.423. The second-order valence-electron chi connectivity index (χ2n) is 9.92. The van der Waals surface area contributed by atoms with Crippen LogP contribution in [-0.4, -0.2) is 72.8 Å². The van der Waals surface area contributed by atoms with Gasteiger partial charge in [0.05, 0.1) is 23.2 Å². The second kappa shape index (κ2) is 10.9. The number of benzene rings is 1. The Morgan fingerprint density at radius 2 is 1.85 bits per heavy atom. The monoisotopic (exact) mass is 535 g/mol. The fourth-order valence-corrected chi connectivity index (χ4v) is 4.24. The molecular weight excluding hydrogens is 506 g/mol. The minimum absolute atomic E-state index is 0.106. The van der Waals surface area contributed by atoms with Crippen LogP contribution < -0.4 is 10.5 Å². The predicted octanol–water partition coefficient (Wildman–Crippen LogP) is 2.46.